The molecular formula is C18H36. The Morgan fingerprint density at radius 2 is 1.00 bits per heavy atom. The predicted molar refractivity (Wildman–Crippen MR) is 89.2 cm³/mol. The molecule has 0 N–H and O–H groups in total. The van der Waals surface area contributed by atoms with Crippen LogP contribution in [-0.2, 0) is 0 Å². The minimum absolute atomic E-state index is 1.15. The summed E-state index contributed by atoms with van der Waals surface area (Å²) in [6, 6.07) is 0. The molecule has 0 atom stereocenters. The molecule has 0 rings (SSSR count). The molecule has 0 aliphatic heterocycles. The fourth-order valence-corrected chi connectivity index (χ4v) is 1.09. The third kappa shape index (κ3) is 45.5. The van der Waals surface area contributed by atoms with Crippen LogP contribution < -0.4 is 0 Å². The molecule has 0 aliphatic rings. The second-order valence-corrected chi connectivity index (χ2v) is 4.29. The van der Waals surface area contributed by atoms with Gasteiger partial charge in [-0.05, 0) is 25.7 Å². The summed E-state index contributed by atoms with van der Waals surface area (Å²) in [6.45, 7) is 17.3. The SMILES string of the molecule is C=CCCC.C=CCCCC.C=CCCCCC. The predicted octanol–water partition coefficient (Wildman–Crippen LogP) is 7.09. The molecule has 0 spiro atoms. The van der Waals surface area contributed by atoms with Gasteiger partial charge in [0.05, 0.1) is 0 Å². The van der Waals surface area contributed by atoms with Crippen LogP contribution in [-0.4, -0.2) is 0 Å². The van der Waals surface area contributed by atoms with Crippen molar-refractivity contribution in [3.05, 3.63) is 38.0 Å². The quantitative estimate of drug-likeness (QED) is 0.303. The van der Waals surface area contributed by atoms with E-state index >= 15 is 0 Å². The Bertz CT molecular complexity index is 144. The van der Waals surface area contributed by atoms with Crippen LogP contribution in [0.4, 0.5) is 0 Å². The molecule has 108 valence electrons. The van der Waals surface area contributed by atoms with E-state index in [-0.39, 0.29) is 0 Å². The third-order valence-electron chi connectivity index (χ3n) is 2.27. The Hall–Kier alpha value is -0.780. The maximum atomic E-state index is 3.63. The Morgan fingerprint density at radius 1 is 0.556 bits per heavy atom. The lowest BCUT2D eigenvalue weighted by molar-refractivity contribution is 0.730. The van der Waals surface area contributed by atoms with Crippen molar-refractivity contribution < 1.29 is 0 Å². The molecule has 0 saturated carbocycles. The lowest BCUT2D eigenvalue weighted by atomic mass is 10.2. The summed E-state index contributed by atoms with van der Waals surface area (Å²) >= 11 is 0. The molecule has 0 heteroatoms. The highest BCUT2D eigenvalue weighted by Gasteiger charge is 1.77. The van der Waals surface area contributed by atoms with Crippen molar-refractivity contribution >= 4 is 0 Å². The van der Waals surface area contributed by atoms with Crippen LogP contribution >= 0.6 is 0 Å². The molecule has 0 aliphatic carbocycles. The van der Waals surface area contributed by atoms with Gasteiger partial charge in [0.15, 0.2) is 0 Å². The molecular weight excluding hydrogens is 216 g/mol. The Labute approximate surface area is 117 Å². The first-order valence-corrected chi connectivity index (χ1v) is 7.57. The van der Waals surface area contributed by atoms with Crippen LogP contribution in [0.2, 0.25) is 0 Å². The van der Waals surface area contributed by atoms with Gasteiger partial charge in [0.2, 0.25) is 0 Å². The van der Waals surface area contributed by atoms with Crippen molar-refractivity contribution in [2.45, 2.75) is 78.6 Å². The van der Waals surface area contributed by atoms with Crippen LogP contribution in [0, 0.1) is 0 Å². The van der Waals surface area contributed by atoms with Crippen molar-refractivity contribution in [3.63, 3.8) is 0 Å². The van der Waals surface area contributed by atoms with Crippen LogP contribution in [0.15, 0.2) is 38.0 Å². The maximum Gasteiger partial charge on any atom is -0.0353 e. The highest BCUT2D eigenvalue weighted by molar-refractivity contribution is 4.65. The first kappa shape index (κ1) is 22.4. The molecule has 0 bridgehead atoms. The van der Waals surface area contributed by atoms with Crippen molar-refractivity contribution in [1.29, 1.82) is 0 Å². The average Bonchev–Trinajstić information content (AvgIpc) is 2.39. The molecule has 0 aromatic rings. The number of rotatable bonds is 9. The second-order valence-electron chi connectivity index (χ2n) is 4.29. The molecule has 0 fully saturated rings. The molecule has 0 nitrogen and oxygen atoms in total. The molecule has 0 amide bonds. The van der Waals surface area contributed by atoms with E-state index < -0.39 is 0 Å². The van der Waals surface area contributed by atoms with Gasteiger partial charge >= 0.3 is 0 Å². The zero-order valence-electron chi connectivity index (χ0n) is 13.2. The maximum absolute atomic E-state index is 3.63. The van der Waals surface area contributed by atoms with E-state index in [0.29, 0.717) is 0 Å². The fourth-order valence-electron chi connectivity index (χ4n) is 1.09. The van der Waals surface area contributed by atoms with E-state index in [1.807, 2.05) is 18.2 Å². The fraction of sp³-hybridized carbons (Fsp3) is 0.667. The first-order chi connectivity index (χ1) is 8.74. The zero-order valence-corrected chi connectivity index (χ0v) is 13.2. The highest BCUT2D eigenvalue weighted by Crippen LogP contribution is 1.97. The van der Waals surface area contributed by atoms with Crippen molar-refractivity contribution in [2.24, 2.45) is 0 Å². The normalized spacial score (nSPS) is 8.17. The average molecular weight is 252 g/mol. The van der Waals surface area contributed by atoms with E-state index in [1.54, 1.807) is 0 Å². The molecule has 0 saturated heterocycles. The van der Waals surface area contributed by atoms with Gasteiger partial charge in [0.1, 0.15) is 0 Å². The third-order valence-corrected chi connectivity index (χ3v) is 2.27. The lowest BCUT2D eigenvalue weighted by Gasteiger charge is -1.87. The molecule has 0 aromatic heterocycles. The van der Waals surface area contributed by atoms with E-state index in [1.165, 1.54) is 51.4 Å². The number of allylic oxidation sites excluding steroid dienone is 3. The van der Waals surface area contributed by atoms with Gasteiger partial charge < -0.3 is 0 Å². The van der Waals surface area contributed by atoms with Gasteiger partial charge in [-0.3, -0.25) is 0 Å². The van der Waals surface area contributed by atoms with Gasteiger partial charge in [0, 0.05) is 0 Å². The second kappa shape index (κ2) is 29.8. The summed E-state index contributed by atoms with van der Waals surface area (Å²) in [5.41, 5.74) is 0. The van der Waals surface area contributed by atoms with Crippen LogP contribution in [0.5, 0.6) is 0 Å². The van der Waals surface area contributed by atoms with Crippen molar-refractivity contribution in [3.8, 4) is 0 Å². The summed E-state index contributed by atoms with van der Waals surface area (Å²) in [7, 11) is 0. The van der Waals surface area contributed by atoms with Gasteiger partial charge in [-0.15, -0.1) is 19.7 Å². The molecule has 0 radical (unpaired) electrons. The first-order valence-electron chi connectivity index (χ1n) is 7.57. The molecule has 18 heavy (non-hydrogen) atoms. The van der Waals surface area contributed by atoms with Gasteiger partial charge in [-0.1, -0.05) is 71.1 Å². The Kier molecular flexibility index (Phi) is 37.1. The van der Waals surface area contributed by atoms with Crippen molar-refractivity contribution in [2.75, 3.05) is 0 Å². The van der Waals surface area contributed by atoms with E-state index in [4.69, 9.17) is 0 Å². The Morgan fingerprint density at radius 3 is 1.22 bits per heavy atom. The van der Waals surface area contributed by atoms with Gasteiger partial charge in [0.25, 0.3) is 0 Å². The van der Waals surface area contributed by atoms with Crippen molar-refractivity contribution in [1.82, 2.24) is 0 Å². The monoisotopic (exact) mass is 252 g/mol. The van der Waals surface area contributed by atoms with Gasteiger partial charge in [-0.2, -0.15) is 0 Å². The summed E-state index contributed by atoms with van der Waals surface area (Å²) in [4.78, 5) is 0. The van der Waals surface area contributed by atoms with Gasteiger partial charge in [-0.25, -0.2) is 0 Å². The van der Waals surface area contributed by atoms with E-state index in [0.717, 1.165) is 6.42 Å². The van der Waals surface area contributed by atoms with Crippen LogP contribution in [0.3, 0.4) is 0 Å². The van der Waals surface area contributed by atoms with E-state index in [9.17, 15) is 0 Å². The summed E-state index contributed by atoms with van der Waals surface area (Å²) < 4.78 is 0. The van der Waals surface area contributed by atoms with E-state index in [2.05, 4.69) is 40.5 Å². The minimum Gasteiger partial charge on any atom is -0.103 e. The number of hydrogen-bond acceptors (Lipinski definition) is 0. The standard InChI is InChI=1S/C7H14.C6H12.C5H10/c1-3-5-7-6-4-2;1-3-5-6-4-2;1-3-5-4-2/h3H,1,4-7H2,2H3;3H,1,4-6H2,2H3;3H,1,4-5H2,2H3. The smallest absolute Gasteiger partial charge is 0.0353 e. The summed E-state index contributed by atoms with van der Waals surface area (Å²) in [5, 5.41) is 0. The van der Waals surface area contributed by atoms with Crippen LogP contribution in [0.25, 0.3) is 0 Å². The summed E-state index contributed by atoms with van der Waals surface area (Å²) in [6.07, 6.45) is 17.2. The lowest BCUT2D eigenvalue weighted by Crippen LogP contribution is -1.67. The largest absolute Gasteiger partial charge is 0.103 e. The summed E-state index contributed by atoms with van der Waals surface area (Å²) in [5.74, 6) is 0. The zero-order chi connectivity index (χ0) is 14.5. The highest BCUT2D eigenvalue weighted by atomic mass is 13.8. The Balaban J connectivity index is -0.000000190. The molecule has 0 unspecified atom stereocenters. The molecule has 0 aromatic carbocycles. The number of hydrogen-bond donors (Lipinski definition) is 0. The minimum atomic E-state index is 1.15. The molecule has 0 heterocycles. The number of unbranched alkanes of at least 4 members (excludes halogenated alkanes) is 6. The van der Waals surface area contributed by atoms with Crippen LogP contribution in [0.1, 0.15) is 78.6 Å². The topological polar surface area (TPSA) is 0 Å².